The highest BCUT2D eigenvalue weighted by Crippen LogP contribution is 2.25. The van der Waals surface area contributed by atoms with Crippen molar-refractivity contribution < 1.29 is 5.21 Å². The van der Waals surface area contributed by atoms with E-state index in [-0.39, 0.29) is 5.84 Å². The lowest BCUT2D eigenvalue weighted by atomic mass is 10.1. The molecule has 6 nitrogen and oxygen atoms in total. The first kappa shape index (κ1) is 13.6. The lowest BCUT2D eigenvalue weighted by Crippen LogP contribution is -2.19. The van der Waals surface area contributed by atoms with Gasteiger partial charge in [-0.05, 0) is 42.9 Å². The van der Waals surface area contributed by atoms with Gasteiger partial charge in [-0.2, -0.15) is 5.10 Å². The van der Waals surface area contributed by atoms with Crippen molar-refractivity contribution in [3.8, 4) is 5.82 Å². The molecule has 0 aliphatic heterocycles. The summed E-state index contributed by atoms with van der Waals surface area (Å²) in [6.45, 7) is 4.18. The van der Waals surface area contributed by atoms with Gasteiger partial charge in [-0.15, -0.1) is 0 Å². The van der Waals surface area contributed by atoms with Gasteiger partial charge < -0.3 is 10.9 Å². The number of fused-ring (bicyclic) bond motifs is 1. The van der Waals surface area contributed by atoms with E-state index >= 15 is 0 Å². The molecule has 0 spiro atoms. The van der Waals surface area contributed by atoms with Crippen molar-refractivity contribution >= 4 is 5.84 Å². The standard InChI is InChI=1S/C15H19N5O/c1-9(2)12-6-7-20(18-12)15-11(14(16)19-21)8-10-4-3-5-13(10)17-15/h6-9,21H,3-5H2,1-2H3,(H2,16,19). The summed E-state index contributed by atoms with van der Waals surface area (Å²) in [6, 6.07) is 3.94. The summed E-state index contributed by atoms with van der Waals surface area (Å²) < 4.78 is 1.71. The molecule has 1 aliphatic rings. The Hall–Kier alpha value is -2.37. The SMILES string of the molecule is CC(C)c1ccn(-c2nc3c(cc2C(N)=NO)CCC3)n1. The van der Waals surface area contributed by atoms with Gasteiger partial charge in [0.1, 0.15) is 0 Å². The number of pyridine rings is 1. The number of rotatable bonds is 3. The molecule has 3 N–H and O–H groups in total. The fraction of sp³-hybridized carbons (Fsp3) is 0.400. The van der Waals surface area contributed by atoms with Crippen LogP contribution in [0.5, 0.6) is 0 Å². The molecule has 2 heterocycles. The van der Waals surface area contributed by atoms with Gasteiger partial charge in [-0.1, -0.05) is 19.0 Å². The monoisotopic (exact) mass is 285 g/mol. The van der Waals surface area contributed by atoms with Crippen molar-refractivity contribution in [3.05, 3.63) is 40.8 Å². The van der Waals surface area contributed by atoms with Crippen LogP contribution in [-0.2, 0) is 12.8 Å². The van der Waals surface area contributed by atoms with Crippen LogP contribution in [0, 0.1) is 0 Å². The van der Waals surface area contributed by atoms with Gasteiger partial charge in [0.25, 0.3) is 0 Å². The normalized spacial score (nSPS) is 14.7. The van der Waals surface area contributed by atoms with Gasteiger partial charge in [-0.25, -0.2) is 9.67 Å². The number of nitrogens with zero attached hydrogens (tertiary/aromatic N) is 4. The number of amidine groups is 1. The molecule has 0 atom stereocenters. The summed E-state index contributed by atoms with van der Waals surface area (Å²) in [6.07, 6.45) is 4.92. The predicted molar refractivity (Wildman–Crippen MR) is 80.0 cm³/mol. The number of aryl methyl sites for hydroxylation is 2. The van der Waals surface area contributed by atoms with E-state index in [0.29, 0.717) is 17.3 Å². The maximum absolute atomic E-state index is 9.01. The highest BCUT2D eigenvalue weighted by atomic mass is 16.4. The molecule has 0 radical (unpaired) electrons. The second kappa shape index (κ2) is 5.20. The molecule has 0 unspecified atom stereocenters. The van der Waals surface area contributed by atoms with Crippen LogP contribution in [0.3, 0.4) is 0 Å². The van der Waals surface area contributed by atoms with Crippen LogP contribution in [0.15, 0.2) is 23.5 Å². The fourth-order valence-corrected chi connectivity index (χ4v) is 2.64. The average Bonchev–Trinajstić information content (AvgIpc) is 3.13. The van der Waals surface area contributed by atoms with Crippen molar-refractivity contribution in [1.82, 2.24) is 14.8 Å². The van der Waals surface area contributed by atoms with Crippen LogP contribution >= 0.6 is 0 Å². The van der Waals surface area contributed by atoms with E-state index in [9.17, 15) is 0 Å². The maximum atomic E-state index is 9.01. The van der Waals surface area contributed by atoms with E-state index in [0.717, 1.165) is 30.7 Å². The average molecular weight is 285 g/mol. The topological polar surface area (TPSA) is 89.3 Å². The van der Waals surface area contributed by atoms with Crippen LogP contribution in [0.25, 0.3) is 5.82 Å². The Kier molecular flexibility index (Phi) is 3.37. The quantitative estimate of drug-likeness (QED) is 0.390. The Labute approximate surface area is 123 Å². The van der Waals surface area contributed by atoms with Gasteiger partial charge in [0.2, 0.25) is 0 Å². The molecule has 110 valence electrons. The zero-order valence-corrected chi connectivity index (χ0v) is 12.2. The van der Waals surface area contributed by atoms with Crippen LogP contribution in [0.4, 0.5) is 0 Å². The molecule has 1 aliphatic carbocycles. The molecule has 2 aromatic heterocycles. The Morgan fingerprint density at radius 1 is 1.43 bits per heavy atom. The molecule has 3 rings (SSSR count). The number of aromatic nitrogens is 3. The Morgan fingerprint density at radius 2 is 2.24 bits per heavy atom. The second-order valence-electron chi connectivity index (χ2n) is 5.64. The van der Waals surface area contributed by atoms with Crippen LogP contribution in [0.2, 0.25) is 0 Å². The molecular weight excluding hydrogens is 266 g/mol. The van der Waals surface area contributed by atoms with E-state index < -0.39 is 0 Å². The highest BCUT2D eigenvalue weighted by Gasteiger charge is 2.20. The van der Waals surface area contributed by atoms with Gasteiger partial charge in [-0.3, -0.25) is 0 Å². The van der Waals surface area contributed by atoms with E-state index in [1.807, 2.05) is 18.3 Å². The minimum atomic E-state index is 0.0637. The molecule has 0 aromatic carbocycles. The molecular formula is C15H19N5O. The van der Waals surface area contributed by atoms with E-state index in [2.05, 4.69) is 24.1 Å². The van der Waals surface area contributed by atoms with E-state index in [4.69, 9.17) is 15.9 Å². The van der Waals surface area contributed by atoms with Crippen LogP contribution < -0.4 is 5.73 Å². The molecule has 0 saturated carbocycles. The van der Waals surface area contributed by atoms with Crippen LogP contribution in [-0.4, -0.2) is 25.8 Å². The largest absolute Gasteiger partial charge is 0.409 e. The Morgan fingerprint density at radius 3 is 2.90 bits per heavy atom. The van der Waals surface area contributed by atoms with E-state index in [1.54, 1.807) is 4.68 Å². The number of nitrogens with two attached hydrogens (primary N) is 1. The third kappa shape index (κ3) is 2.37. The molecule has 21 heavy (non-hydrogen) atoms. The van der Waals surface area contributed by atoms with Crippen molar-refractivity contribution in [1.29, 1.82) is 0 Å². The molecule has 2 aromatic rings. The predicted octanol–water partition coefficient (Wildman–Crippen LogP) is 1.97. The summed E-state index contributed by atoms with van der Waals surface area (Å²) in [5.41, 5.74) is 9.68. The van der Waals surface area contributed by atoms with Crippen molar-refractivity contribution in [2.24, 2.45) is 10.9 Å². The molecule has 0 bridgehead atoms. The van der Waals surface area contributed by atoms with E-state index in [1.165, 1.54) is 5.56 Å². The van der Waals surface area contributed by atoms with Crippen molar-refractivity contribution in [2.75, 3.05) is 0 Å². The summed E-state index contributed by atoms with van der Waals surface area (Å²) in [4.78, 5) is 4.69. The van der Waals surface area contributed by atoms with Gasteiger partial charge in [0, 0.05) is 11.9 Å². The first-order chi connectivity index (χ1) is 10.1. The number of hydrogen-bond donors (Lipinski definition) is 2. The lowest BCUT2D eigenvalue weighted by Gasteiger charge is -2.10. The third-order valence-corrected chi connectivity index (χ3v) is 3.83. The molecule has 0 amide bonds. The summed E-state index contributed by atoms with van der Waals surface area (Å²) in [5, 5.41) is 16.7. The minimum Gasteiger partial charge on any atom is -0.409 e. The lowest BCUT2D eigenvalue weighted by molar-refractivity contribution is 0.318. The van der Waals surface area contributed by atoms with Crippen molar-refractivity contribution in [3.63, 3.8) is 0 Å². The maximum Gasteiger partial charge on any atom is 0.173 e. The van der Waals surface area contributed by atoms with Gasteiger partial charge in [0.15, 0.2) is 11.7 Å². The molecule has 0 fully saturated rings. The Bertz CT molecular complexity index is 702. The third-order valence-electron chi connectivity index (χ3n) is 3.83. The zero-order chi connectivity index (χ0) is 15.0. The van der Waals surface area contributed by atoms with Gasteiger partial charge >= 0.3 is 0 Å². The zero-order valence-electron chi connectivity index (χ0n) is 12.2. The highest BCUT2D eigenvalue weighted by molar-refractivity contribution is 6.00. The van der Waals surface area contributed by atoms with Gasteiger partial charge in [0.05, 0.1) is 11.3 Å². The smallest absolute Gasteiger partial charge is 0.173 e. The van der Waals surface area contributed by atoms with Crippen molar-refractivity contribution in [2.45, 2.75) is 39.0 Å². The van der Waals surface area contributed by atoms with Crippen LogP contribution in [0.1, 0.15) is 48.7 Å². The number of oxime groups is 1. The molecule has 0 saturated heterocycles. The summed E-state index contributed by atoms with van der Waals surface area (Å²) in [5.74, 6) is 1.03. The summed E-state index contributed by atoms with van der Waals surface area (Å²) >= 11 is 0. The summed E-state index contributed by atoms with van der Waals surface area (Å²) in [7, 11) is 0. The molecule has 6 heteroatoms. The first-order valence-corrected chi connectivity index (χ1v) is 7.16. The number of hydrogen-bond acceptors (Lipinski definition) is 4. The second-order valence-corrected chi connectivity index (χ2v) is 5.64. The Balaban J connectivity index is 2.15. The fourth-order valence-electron chi connectivity index (χ4n) is 2.64. The first-order valence-electron chi connectivity index (χ1n) is 7.16. The minimum absolute atomic E-state index is 0.0637.